The predicted molar refractivity (Wildman–Crippen MR) is 112 cm³/mol. The zero-order valence-electron chi connectivity index (χ0n) is 17.7. The van der Waals surface area contributed by atoms with Crippen molar-refractivity contribution in [1.82, 2.24) is 20.1 Å². The molecule has 0 fully saturated rings. The van der Waals surface area contributed by atoms with Gasteiger partial charge in [-0.05, 0) is 46.2 Å². The van der Waals surface area contributed by atoms with Gasteiger partial charge < -0.3 is 19.9 Å². The molecule has 8 heteroatoms. The molecule has 2 aromatic rings. The Morgan fingerprint density at radius 2 is 1.93 bits per heavy atom. The lowest BCUT2D eigenvalue weighted by Gasteiger charge is -2.26. The molecular weight excluding hydrogens is 372 g/mol. The Labute approximate surface area is 171 Å². The van der Waals surface area contributed by atoms with Gasteiger partial charge >= 0.3 is 12.1 Å². The highest BCUT2D eigenvalue weighted by molar-refractivity contribution is 5.86. The molecule has 4 amide bonds. The number of urea groups is 1. The molecule has 1 heterocycles. The summed E-state index contributed by atoms with van der Waals surface area (Å²) < 4.78 is 5.15. The van der Waals surface area contributed by atoms with Gasteiger partial charge in [-0.15, -0.1) is 0 Å². The fourth-order valence-electron chi connectivity index (χ4n) is 2.97. The first kappa shape index (κ1) is 22.3. The topological polar surface area (TPSA) is 94.7 Å². The fraction of sp³-hybridized carbons (Fsp3) is 0.476. The van der Waals surface area contributed by atoms with Crippen molar-refractivity contribution < 1.29 is 19.1 Å². The third-order valence-corrected chi connectivity index (χ3v) is 4.46. The van der Waals surface area contributed by atoms with Crippen LogP contribution in [-0.2, 0) is 16.1 Å². The van der Waals surface area contributed by atoms with Gasteiger partial charge in [-0.3, -0.25) is 9.69 Å². The third-order valence-electron chi connectivity index (χ3n) is 4.46. The number of carbonyl (C=O) groups excluding carboxylic acids is 3. The van der Waals surface area contributed by atoms with Crippen LogP contribution in [0.2, 0.25) is 0 Å². The van der Waals surface area contributed by atoms with Gasteiger partial charge in [-0.1, -0.05) is 18.2 Å². The number of hydrogen-bond acceptors (Lipinski definition) is 4. The number of alkyl carbamates (subject to hydrolysis) is 1. The number of amides is 4. The van der Waals surface area contributed by atoms with Crippen molar-refractivity contribution in [3.8, 4) is 0 Å². The number of benzene rings is 1. The van der Waals surface area contributed by atoms with E-state index in [9.17, 15) is 14.4 Å². The van der Waals surface area contributed by atoms with Gasteiger partial charge in [0, 0.05) is 36.2 Å². The minimum atomic E-state index is -0.610. The molecule has 0 bridgehead atoms. The van der Waals surface area contributed by atoms with E-state index < -0.39 is 17.7 Å². The molecule has 1 aromatic heterocycles. The second-order valence-electron chi connectivity index (χ2n) is 7.80. The molecule has 1 aromatic carbocycles. The van der Waals surface area contributed by atoms with E-state index in [1.54, 1.807) is 25.7 Å². The van der Waals surface area contributed by atoms with Crippen molar-refractivity contribution in [2.45, 2.75) is 46.8 Å². The second kappa shape index (κ2) is 9.45. The molecule has 0 spiro atoms. The summed E-state index contributed by atoms with van der Waals surface area (Å²) in [7, 11) is 0. The van der Waals surface area contributed by atoms with Crippen molar-refractivity contribution in [3.05, 3.63) is 35.5 Å². The Kier molecular flexibility index (Phi) is 7.25. The van der Waals surface area contributed by atoms with Crippen LogP contribution in [0.25, 0.3) is 10.9 Å². The molecule has 2 rings (SSSR count). The van der Waals surface area contributed by atoms with Crippen LogP contribution in [0.4, 0.5) is 9.59 Å². The van der Waals surface area contributed by atoms with Crippen LogP contribution in [0.1, 0.15) is 39.0 Å². The molecular formula is C21H30N4O4. The number of hydrogen-bond donors (Lipinski definition) is 2. The maximum atomic E-state index is 12.8. The first-order valence-electron chi connectivity index (χ1n) is 9.70. The first-order valence-corrected chi connectivity index (χ1v) is 9.70. The summed E-state index contributed by atoms with van der Waals surface area (Å²) in [6, 6.07) is 7.54. The number of aromatic nitrogens is 1. The van der Waals surface area contributed by atoms with Crippen LogP contribution in [-0.4, -0.2) is 58.6 Å². The summed E-state index contributed by atoms with van der Waals surface area (Å²) in [6.45, 7) is 10.1. The van der Waals surface area contributed by atoms with E-state index in [0.29, 0.717) is 19.5 Å². The lowest BCUT2D eigenvalue weighted by Crippen LogP contribution is -2.45. The van der Waals surface area contributed by atoms with Gasteiger partial charge in [-0.25, -0.2) is 9.59 Å². The Morgan fingerprint density at radius 3 is 2.52 bits per heavy atom. The molecule has 158 valence electrons. The standard InChI is InChI=1S/C21H30N4O4/c1-6-24(13-18-15(2)16-9-7-8-10-17(16)23-18)20(28)25(14-26)12-11-22-19(27)29-21(3,4)5/h7-10,14,23H,6,11-13H2,1-5H3,(H,22,27). The molecule has 0 saturated heterocycles. The van der Waals surface area contributed by atoms with Crippen molar-refractivity contribution in [2.24, 2.45) is 0 Å². The molecule has 2 N–H and O–H groups in total. The molecule has 0 unspecified atom stereocenters. The number of ether oxygens (including phenoxy) is 1. The minimum Gasteiger partial charge on any atom is -0.444 e. The van der Waals surface area contributed by atoms with E-state index in [1.165, 1.54) is 0 Å². The number of aromatic amines is 1. The summed E-state index contributed by atoms with van der Waals surface area (Å²) in [5.41, 5.74) is 2.41. The van der Waals surface area contributed by atoms with Crippen LogP contribution in [0.5, 0.6) is 0 Å². The third kappa shape index (κ3) is 5.97. The zero-order valence-corrected chi connectivity index (χ0v) is 17.7. The number of fused-ring (bicyclic) bond motifs is 1. The fourth-order valence-corrected chi connectivity index (χ4v) is 2.97. The van der Waals surface area contributed by atoms with Crippen molar-refractivity contribution in [2.75, 3.05) is 19.6 Å². The number of nitrogens with one attached hydrogen (secondary N) is 2. The first-order chi connectivity index (χ1) is 13.7. The molecule has 0 radical (unpaired) electrons. The van der Waals surface area contributed by atoms with Gasteiger partial charge in [0.25, 0.3) is 0 Å². The molecule has 0 aliphatic rings. The number of H-pyrrole nitrogens is 1. The SMILES string of the molecule is CCN(Cc1[nH]c2ccccc2c1C)C(=O)N(C=O)CCNC(=O)OC(C)(C)C. The summed E-state index contributed by atoms with van der Waals surface area (Å²) in [4.78, 5) is 42.0. The smallest absolute Gasteiger partial charge is 0.407 e. The monoisotopic (exact) mass is 402 g/mol. The summed E-state index contributed by atoms with van der Waals surface area (Å²) in [6.07, 6.45) is -0.100. The molecule has 29 heavy (non-hydrogen) atoms. The number of aryl methyl sites for hydroxylation is 1. The maximum absolute atomic E-state index is 12.8. The number of carbonyl (C=O) groups is 3. The Morgan fingerprint density at radius 1 is 1.24 bits per heavy atom. The molecule has 0 saturated carbocycles. The summed E-state index contributed by atoms with van der Waals surface area (Å²) in [5.74, 6) is 0. The molecule has 8 nitrogen and oxygen atoms in total. The van der Waals surface area contributed by atoms with Gasteiger partial charge in [-0.2, -0.15) is 0 Å². The molecule has 0 aliphatic carbocycles. The summed E-state index contributed by atoms with van der Waals surface area (Å²) in [5, 5.41) is 3.66. The van der Waals surface area contributed by atoms with E-state index in [0.717, 1.165) is 27.1 Å². The normalized spacial score (nSPS) is 11.2. The number of nitrogens with zero attached hydrogens (tertiary/aromatic N) is 2. The Balaban J connectivity index is 1.99. The highest BCUT2D eigenvalue weighted by Gasteiger charge is 2.22. The van der Waals surface area contributed by atoms with Gasteiger partial charge in [0.15, 0.2) is 0 Å². The number of imide groups is 1. The van der Waals surface area contributed by atoms with Gasteiger partial charge in [0.2, 0.25) is 6.41 Å². The van der Waals surface area contributed by atoms with E-state index in [2.05, 4.69) is 10.3 Å². The van der Waals surface area contributed by atoms with Crippen LogP contribution in [0.15, 0.2) is 24.3 Å². The Bertz CT molecular complexity index is 869. The largest absolute Gasteiger partial charge is 0.444 e. The van der Waals surface area contributed by atoms with Crippen LogP contribution >= 0.6 is 0 Å². The van der Waals surface area contributed by atoms with Crippen molar-refractivity contribution in [3.63, 3.8) is 0 Å². The lowest BCUT2D eigenvalue weighted by molar-refractivity contribution is -0.116. The lowest BCUT2D eigenvalue weighted by atomic mass is 10.1. The average Bonchev–Trinajstić information content (AvgIpc) is 2.97. The van der Waals surface area contributed by atoms with Crippen LogP contribution in [0.3, 0.4) is 0 Å². The van der Waals surface area contributed by atoms with Crippen LogP contribution < -0.4 is 5.32 Å². The van der Waals surface area contributed by atoms with Gasteiger partial charge in [0.1, 0.15) is 5.60 Å². The predicted octanol–water partition coefficient (Wildman–Crippen LogP) is 3.40. The quantitative estimate of drug-likeness (QED) is 0.694. The highest BCUT2D eigenvalue weighted by Crippen LogP contribution is 2.22. The highest BCUT2D eigenvalue weighted by atomic mass is 16.6. The van der Waals surface area contributed by atoms with E-state index in [1.807, 2.05) is 38.1 Å². The van der Waals surface area contributed by atoms with Crippen LogP contribution in [0, 0.1) is 6.92 Å². The maximum Gasteiger partial charge on any atom is 0.407 e. The second-order valence-corrected chi connectivity index (χ2v) is 7.80. The van der Waals surface area contributed by atoms with E-state index >= 15 is 0 Å². The van der Waals surface area contributed by atoms with E-state index in [4.69, 9.17) is 4.74 Å². The average molecular weight is 402 g/mol. The Hall–Kier alpha value is -3.03. The number of rotatable bonds is 7. The van der Waals surface area contributed by atoms with Gasteiger partial charge in [0.05, 0.1) is 6.54 Å². The summed E-state index contributed by atoms with van der Waals surface area (Å²) >= 11 is 0. The van der Waals surface area contributed by atoms with E-state index in [-0.39, 0.29) is 13.1 Å². The zero-order chi connectivity index (χ0) is 21.6. The van der Waals surface area contributed by atoms with Crippen molar-refractivity contribution >= 4 is 29.4 Å². The molecule has 0 atom stereocenters. The number of para-hydroxylation sites is 1. The van der Waals surface area contributed by atoms with Crippen molar-refractivity contribution in [1.29, 1.82) is 0 Å². The molecule has 0 aliphatic heterocycles. The minimum absolute atomic E-state index is 0.0593.